The van der Waals surface area contributed by atoms with Crippen LogP contribution in [0.25, 0.3) is 0 Å². The van der Waals surface area contributed by atoms with Crippen LogP contribution in [0, 0.1) is 11.8 Å². The molecule has 2 aliphatic rings. The van der Waals surface area contributed by atoms with Gasteiger partial charge in [0.1, 0.15) is 0 Å². The van der Waals surface area contributed by atoms with Crippen LogP contribution in [0.4, 0.5) is 0 Å². The number of aliphatic hydroxyl groups excluding tert-OH is 1. The minimum absolute atomic E-state index is 0.0191. The van der Waals surface area contributed by atoms with Gasteiger partial charge in [0, 0.05) is 26.8 Å². The van der Waals surface area contributed by atoms with Crippen LogP contribution in [0.5, 0.6) is 0 Å². The van der Waals surface area contributed by atoms with E-state index < -0.39 is 0 Å². The van der Waals surface area contributed by atoms with Gasteiger partial charge >= 0.3 is 0 Å². The Morgan fingerprint density at radius 2 is 2.15 bits per heavy atom. The number of likely N-dealkylation sites (tertiary alicyclic amines) is 1. The maximum atomic E-state index is 12.5. The van der Waals surface area contributed by atoms with E-state index >= 15 is 0 Å². The van der Waals surface area contributed by atoms with Crippen LogP contribution >= 0.6 is 0 Å². The molecule has 2 fully saturated rings. The van der Waals surface area contributed by atoms with Crippen molar-refractivity contribution in [3.63, 3.8) is 0 Å². The van der Waals surface area contributed by atoms with E-state index in [9.17, 15) is 9.59 Å². The Kier molecular flexibility index (Phi) is 4.99. The zero-order valence-corrected chi connectivity index (χ0v) is 12.2. The third-order valence-electron chi connectivity index (χ3n) is 4.53. The lowest BCUT2D eigenvalue weighted by Gasteiger charge is -2.42. The Morgan fingerprint density at radius 1 is 1.50 bits per heavy atom. The number of methoxy groups -OCH3 is 1. The predicted molar refractivity (Wildman–Crippen MR) is 72.9 cm³/mol. The Bertz CT molecular complexity index is 366. The van der Waals surface area contributed by atoms with E-state index in [1.807, 2.05) is 11.8 Å². The summed E-state index contributed by atoms with van der Waals surface area (Å²) in [7, 11) is 1.70. The topological polar surface area (TPSA) is 78.9 Å². The number of nitrogens with one attached hydrogen (secondary N) is 1. The van der Waals surface area contributed by atoms with Gasteiger partial charge in [-0.3, -0.25) is 9.59 Å². The van der Waals surface area contributed by atoms with Crippen molar-refractivity contribution < 1.29 is 19.4 Å². The van der Waals surface area contributed by atoms with Gasteiger partial charge in [-0.15, -0.1) is 0 Å². The Hall–Kier alpha value is -1.14. The molecule has 20 heavy (non-hydrogen) atoms. The fraction of sp³-hybridized carbons (Fsp3) is 0.857. The van der Waals surface area contributed by atoms with Crippen molar-refractivity contribution in [1.29, 1.82) is 0 Å². The lowest BCUT2D eigenvalue weighted by atomic mass is 9.79. The molecule has 114 valence electrons. The number of hydrogen-bond acceptors (Lipinski definition) is 4. The number of carbonyl (C=O) groups is 2. The summed E-state index contributed by atoms with van der Waals surface area (Å²) < 4.78 is 5.30. The van der Waals surface area contributed by atoms with Crippen molar-refractivity contribution in [3.05, 3.63) is 0 Å². The number of amides is 2. The molecule has 2 rings (SSSR count). The summed E-state index contributed by atoms with van der Waals surface area (Å²) in [6, 6.07) is -0.137. The number of piperidine rings is 1. The van der Waals surface area contributed by atoms with Crippen molar-refractivity contribution in [3.8, 4) is 0 Å². The smallest absolute Gasteiger partial charge is 0.227 e. The van der Waals surface area contributed by atoms with Crippen LogP contribution in [0.1, 0.15) is 26.2 Å². The molecule has 0 unspecified atom stereocenters. The third kappa shape index (κ3) is 2.96. The summed E-state index contributed by atoms with van der Waals surface area (Å²) in [4.78, 5) is 25.8. The van der Waals surface area contributed by atoms with E-state index in [1.165, 1.54) is 0 Å². The molecule has 0 aromatic carbocycles. The standard InChI is InChI=1S/C14H24N2O4/c1-9(12-11(5-8-17)13(18)15-12)14(19)16-6-3-10(20-2)4-7-16/h9-12,17H,3-8H2,1-2H3,(H,15,18)/t9-,11+,12-/m1/s1. The zero-order valence-electron chi connectivity index (χ0n) is 12.2. The van der Waals surface area contributed by atoms with Crippen molar-refractivity contribution in [2.45, 2.75) is 38.3 Å². The summed E-state index contributed by atoms with van der Waals surface area (Å²) in [6.07, 6.45) is 2.41. The molecular formula is C14H24N2O4. The molecule has 2 heterocycles. The first kappa shape index (κ1) is 15.3. The second-order valence-corrected chi connectivity index (χ2v) is 5.70. The highest BCUT2D eigenvalue weighted by atomic mass is 16.5. The average molecular weight is 284 g/mol. The minimum atomic E-state index is -0.233. The van der Waals surface area contributed by atoms with Gasteiger partial charge in [0.25, 0.3) is 0 Å². The second kappa shape index (κ2) is 6.54. The first-order chi connectivity index (χ1) is 9.58. The molecule has 0 aromatic heterocycles. The monoisotopic (exact) mass is 284 g/mol. The fourth-order valence-corrected chi connectivity index (χ4v) is 3.12. The maximum Gasteiger partial charge on any atom is 0.227 e. The lowest BCUT2D eigenvalue weighted by molar-refractivity contribution is -0.146. The number of ether oxygens (including phenoxy) is 1. The molecule has 6 heteroatoms. The molecule has 2 amide bonds. The normalized spacial score (nSPS) is 28.8. The van der Waals surface area contributed by atoms with Crippen LogP contribution in [-0.4, -0.2) is 60.8 Å². The quantitative estimate of drug-likeness (QED) is 0.683. The van der Waals surface area contributed by atoms with Gasteiger partial charge in [-0.1, -0.05) is 6.92 Å². The van der Waals surface area contributed by atoms with Crippen molar-refractivity contribution in [2.75, 3.05) is 26.8 Å². The SMILES string of the molecule is COC1CCN(C(=O)[C@H](C)[C@H]2NC(=O)[C@H]2CCO)CC1. The van der Waals surface area contributed by atoms with Gasteiger partial charge in [-0.25, -0.2) is 0 Å². The first-order valence-electron chi connectivity index (χ1n) is 7.31. The number of hydrogen-bond donors (Lipinski definition) is 2. The van der Waals surface area contributed by atoms with Crippen LogP contribution in [0.15, 0.2) is 0 Å². The van der Waals surface area contributed by atoms with E-state index in [0.717, 1.165) is 12.8 Å². The third-order valence-corrected chi connectivity index (χ3v) is 4.53. The van der Waals surface area contributed by atoms with Gasteiger partial charge in [-0.05, 0) is 19.3 Å². The van der Waals surface area contributed by atoms with Crippen molar-refractivity contribution >= 4 is 11.8 Å². The lowest BCUT2D eigenvalue weighted by Crippen LogP contribution is -2.63. The summed E-state index contributed by atoms with van der Waals surface area (Å²) in [5.74, 6) is -0.423. The fourth-order valence-electron chi connectivity index (χ4n) is 3.12. The number of carbonyl (C=O) groups excluding carboxylic acids is 2. The minimum Gasteiger partial charge on any atom is -0.396 e. The molecule has 0 saturated carbocycles. The highest BCUT2D eigenvalue weighted by Crippen LogP contribution is 2.27. The molecule has 3 atom stereocenters. The van der Waals surface area contributed by atoms with Gasteiger partial charge in [0.15, 0.2) is 0 Å². The van der Waals surface area contributed by atoms with Crippen molar-refractivity contribution in [1.82, 2.24) is 10.2 Å². The summed E-state index contributed by atoms with van der Waals surface area (Å²) in [5.41, 5.74) is 0. The first-order valence-corrected chi connectivity index (χ1v) is 7.31. The number of rotatable bonds is 5. The van der Waals surface area contributed by atoms with E-state index in [2.05, 4.69) is 5.32 Å². The molecule has 2 saturated heterocycles. The van der Waals surface area contributed by atoms with E-state index in [0.29, 0.717) is 19.5 Å². The summed E-state index contributed by atoms with van der Waals surface area (Å²) in [5, 5.41) is 11.8. The molecule has 0 aromatic rings. The zero-order chi connectivity index (χ0) is 14.7. The predicted octanol–water partition coefficient (Wildman–Crippen LogP) is -0.243. The molecule has 2 aliphatic heterocycles. The number of β-lactam (4-membered cyclic amide) rings is 1. The van der Waals surface area contributed by atoms with E-state index in [4.69, 9.17) is 9.84 Å². The molecule has 2 N–H and O–H groups in total. The summed E-state index contributed by atoms with van der Waals surface area (Å²) >= 11 is 0. The Balaban J connectivity index is 1.88. The molecule has 0 bridgehead atoms. The highest BCUT2D eigenvalue weighted by molar-refractivity contribution is 5.89. The van der Waals surface area contributed by atoms with E-state index in [-0.39, 0.29) is 42.4 Å². The summed E-state index contributed by atoms with van der Waals surface area (Å²) in [6.45, 7) is 3.27. The van der Waals surface area contributed by atoms with Crippen LogP contribution in [0.2, 0.25) is 0 Å². The Labute approximate surface area is 119 Å². The van der Waals surface area contributed by atoms with Gasteiger partial charge in [-0.2, -0.15) is 0 Å². The average Bonchev–Trinajstić information content (AvgIpc) is 2.49. The van der Waals surface area contributed by atoms with Crippen LogP contribution < -0.4 is 5.32 Å². The van der Waals surface area contributed by atoms with E-state index in [1.54, 1.807) is 7.11 Å². The molecule has 0 aliphatic carbocycles. The molecule has 0 spiro atoms. The number of nitrogens with zero attached hydrogens (tertiary/aromatic N) is 1. The molecule has 0 radical (unpaired) electrons. The van der Waals surface area contributed by atoms with Gasteiger partial charge < -0.3 is 20.1 Å². The highest BCUT2D eigenvalue weighted by Gasteiger charge is 2.45. The Morgan fingerprint density at radius 3 is 2.65 bits per heavy atom. The maximum absolute atomic E-state index is 12.5. The van der Waals surface area contributed by atoms with Crippen molar-refractivity contribution in [2.24, 2.45) is 11.8 Å². The van der Waals surface area contributed by atoms with Gasteiger partial charge in [0.05, 0.1) is 24.0 Å². The molecule has 6 nitrogen and oxygen atoms in total. The largest absolute Gasteiger partial charge is 0.396 e. The molecular weight excluding hydrogens is 260 g/mol. The second-order valence-electron chi connectivity index (χ2n) is 5.70. The van der Waals surface area contributed by atoms with Crippen LogP contribution in [-0.2, 0) is 14.3 Å². The van der Waals surface area contributed by atoms with Crippen LogP contribution in [0.3, 0.4) is 0 Å². The van der Waals surface area contributed by atoms with Gasteiger partial charge in [0.2, 0.25) is 11.8 Å². The number of aliphatic hydroxyl groups is 1.